The second-order valence-electron chi connectivity index (χ2n) is 8.08. The van der Waals surface area contributed by atoms with Crippen LogP contribution in [0, 0.1) is 6.92 Å². The Morgan fingerprint density at radius 2 is 1.86 bits per heavy atom. The zero-order chi connectivity index (χ0) is 24.7. The van der Waals surface area contributed by atoms with Crippen molar-refractivity contribution in [2.45, 2.75) is 26.2 Å². The van der Waals surface area contributed by atoms with Crippen LogP contribution in [0.5, 0.6) is 23.0 Å². The Bertz CT molecular complexity index is 1400. The van der Waals surface area contributed by atoms with Gasteiger partial charge in [-0.25, -0.2) is 4.98 Å². The van der Waals surface area contributed by atoms with Crippen LogP contribution in [0.15, 0.2) is 30.3 Å². The highest BCUT2D eigenvalue weighted by Crippen LogP contribution is 2.46. The molecule has 1 N–H and O–H groups in total. The number of fused-ring (bicyclic) bond motifs is 2. The number of hydrogen-bond donors (Lipinski definition) is 1. The molecule has 0 aliphatic carbocycles. The standard InChI is InChI=1S/C25H26N4O5S/c1-6-34-15-7-8-17-20(11-15)35-25(26-17)29-24-22(13(2)28-29)16(12-21(30)27-24)14-9-18(31-3)23(33-5)19(10-14)32-4/h7-11,16H,6,12H2,1-5H3,(H,27,30)/t16-/m0/s1. The van der Waals surface area contributed by atoms with Crippen LogP contribution < -0.4 is 24.3 Å². The van der Waals surface area contributed by atoms with Crippen LogP contribution in [-0.4, -0.2) is 48.6 Å². The van der Waals surface area contributed by atoms with E-state index in [0.717, 1.165) is 32.8 Å². The van der Waals surface area contributed by atoms with E-state index < -0.39 is 0 Å². The highest BCUT2D eigenvalue weighted by molar-refractivity contribution is 7.20. The van der Waals surface area contributed by atoms with E-state index in [1.165, 1.54) is 11.3 Å². The average Bonchev–Trinajstić information content (AvgIpc) is 3.43. The predicted octanol–water partition coefficient (Wildman–Crippen LogP) is 4.69. The van der Waals surface area contributed by atoms with E-state index in [0.29, 0.717) is 34.8 Å². The molecule has 0 bridgehead atoms. The highest BCUT2D eigenvalue weighted by Gasteiger charge is 2.34. The van der Waals surface area contributed by atoms with Crippen molar-refractivity contribution in [2.75, 3.05) is 33.3 Å². The van der Waals surface area contributed by atoms with Gasteiger partial charge in [0.15, 0.2) is 11.5 Å². The number of carbonyl (C=O) groups excluding carboxylic acids is 1. The first-order valence-corrected chi connectivity index (χ1v) is 12.0. The van der Waals surface area contributed by atoms with Crippen molar-refractivity contribution in [3.05, 3.63) is 47.2 Å². The topological polar surface area (TPSA) is 96.7 Å². The lowest BCUT2D eigenvalue weighted by Gasteiger charge is -2.25. The van der Waals surface area contributed by atoms with Gasteiger partial charge in [0.25, 0.3) is 0 Å². The largest absolute Gasteiger partial charge is 0.494 e. The molecule has 2 aromatic heterocycles. The molecule has 5 rings (SSSR count). The Labute approximate surface area is 206 Å². The minimum atomic E-state index is -0.236. The number of thiazole rings is 1. The van der Waals surface area contributed by atoms with Gasteiger partial charge in [-0.15, -0.1) is 0 Å². The number of ether oxygens (including phenoxy) is 4. The Hall–Kier alpha value is -3.79. The van der Waals surface area contributed by atoms with Gasteiger partial charge in [-0.3, -0.25) is 4.79 Å². The summed E-state index contributed by atoms with van der Waals surface area (Å²) in [4.78, 5) is 17.6. The summed E-state index contributed by atoms with van der Waals surface area (Å²) < 4.78 is 24.9. The summed E-state index contributed by atoms with van der Waals surface area (Å²) in [5, 5.41) is 8.47. The molecule has 9 nitrogen and oxygen atoms in total. The molecule has 0 spiro atoms. The summed E-state index contributed by atoms with van der Waals surface area (Å²) in [5.74, 6) is 2.67. The summed E-state index contributed by atoms with van der Waals surface area (Å²) >= 11 is 1.49. The van der Waals surface area contributed by atoms with Gasteiger partial charge in [-0.05, 0) is 49.7 Å². The molecule has 1 aliphatic rings. The smallest absolute Gasteiger partial charge is 0.226 e. The zero-order valence-electron chi connectivity index (χ0n) is 20.2. The van der Waals surface area contributed by atoms with Gasteiger partial charge in [0, 0.05) is 17.9 Å². The van der Waals surface area contributed by atoms with E-state index in [1.807, 2.05) is 44.2 Å². The van der Waals surface area contributed by atoms with Crippen LogP contribution >= 0.6 is 11.3 Å². The van der Waals surface area contributed by atoms with Crippen LogP contribution in [0.2, 0.25) is 0 Å². The molecule has 3 heterocycles. The number of aromatic nitrogens is 3. The third-order valence-corrected chi connectivity index (χ3v) is 7.03. The molecule has 0 unspecified atom stereocenters. The maximum Gasteiger partial charge on any atom is 0.226 e. The zero-order valence-corrected chi connectivity index (χ0v) is 21.0. The van der Waals surface area contributed by atoms with Crippen molar-refractivity contribution >= 4 is 33.3 Å². The SMILES string of the molecule is CCOc1ccc2nc(-n3nc(C)c4c3NC(=O)C[C@H]4c3cc(OC)c(OC)c(OC)c3)sc2c1. The number of hydrogen-bond acceptors (Lipinski definition) is 8. The van der Waals surface area contributed by atoms with Crippen molar-refractivity contribution in [1.82, 2.24) is 14.8 Å². The van der Waals surface area contributed by atoms with Crippen molar-refractivity contribution in [2.24, 2.45) is 0 Å². The summed E-state index contributed by atoms with van der Waals surface area (Å²) in [6, 6.07) is 9.58. The Balaban J connectivity index is 1.63. The first kappa shape index (κ1) is 23.0. The fraction of sp³-hybridized carbons (Fsp3) is 0.320. The minimum absolute atomic E-state index is 0.0999. The molecule has 0 radical (unpaired) electrons. The summed E-state index contributed by atoms with van der Waals surface area (Å²) in [7, 11) is 4.72. The molecule has 35 heavy (non-hydrogen) atoms. The Kier molecular flexibility index (Phi) is 5.98. The van der Waals surface area contributed by atoms with Crippen LogP contribution in [0.1, 0.15) is 36.1 Å². The number of carbonyl (C=O) groups is 1. The monoisotopic (exact) mass is 494 g/mol. The Morgan fingerprint density at radius 1 is 1.11 bits per heavy atom. The third kappa shape index (κ3) is 3.93. The summed E-state index contributed by atoms with van der Waals surface area (Å²) in [5.41, 5.74) is 3.48. The number of amides is 1. The number of rotatable bonds is 7. The first-order chi connectivity index (χ1) is 17.0. The number of anilines is 1. The van der Waals surface area contributed by atoms with E-state index in [2.05, 4.69) is 5.32 Å². The second-order valence-corrected chi connectivity index (χ2v) is 9.09. The van der Waals surface area contributed by atoms with Gasteiger partial charge in [-0.1, -0.05) is 11.3 Å². The molecule has 2 aromatic carbocycles. The lowest BCUT2D eigenvalue weighted by atomic mass is 9.85. The molecule has 0 saturated heterocycles. The van der Waals surface area contributed by atoms with Crippen LogP contribution in [0.4, 0.5) is 5.82 Å². The number of nitrogens with one attached hydrogen (secondary N) is 1. The molecule has 1 atom stereocenters. The van der Waals surface area contributed by atoms with Gasteiger partial charge >= 0.3 is 0 Å². The highest BCUT2D eigenvalue weighted by atomic mass is 32.1. The first-order valence-electron chi connectivity index (χ1n) is 11.2. The average molecular weight is 495 g/mol. The van der Waals surface area contributed by atoms with E-state index in [-0.39, 0.29) is 18.2 Å². The van der Waals surface area contributed by atoms with E-state index in [9.17, 15) is 4.79 Å². The van der Waals surface area contributed by atoms with Crippen molar-refractivity contribution < 1.29 is 23.7 Å². The molecule has 182 valence electrons. The third-order valence-electron chi connectivity index (χ3n) is 6.03. The molecular weight excluding hydrogens is 468 g/mol. The van der Waals surface area contributed by atoms with Gasteiger partial charge in [0.05, 0.1) is 43.8 Å². The number of aryl methyl sites for hydroxylation is 1. The molecule has 1 aliphatic heterocycles. The number of benzene rings is 2. The fourth-order valence-corrected chi connectivity index (χ4v) is 5.47. The molecule has 10 heteroatoms. The lowest BCUT2D eigenvalue weighted by Crippen LogP contribution is -2.25. The summed E-state index contributed by atoms with van der Waals surface area (Å²) in [6.07, 6.45) is 0.274. The van der Waals surface area contributed by atoms with Crippen LogP contribution in [-0.2, 0) is 4.79 Å². The van der Waals surface area contributed by atoms with E-state index >= 15 is 0 Å². The lowest BCUT2D eigenvalue weighted by molar-refractivity contribution is -0.116. The van der Waals surface area contributed by atoms with Crippen LogP contribution in [0.3, 0.4) is 0 Å². The quantitative estimate of drug-likeness (QED) is 0.398. The predicted molar refractivity (Wildman–Crippen MR) is 134 cm³/mol. The molecule has 4 aromatic rings. The van der Waals surface area contributed by atoms with Crippen LogP contribution in [0.25, 0.3) is 15.3 Å². The van der Waals surface area contributed by atoms with Gasteiger partial charge in [0.1, 0.15) is 11.6 Å². The molecule has 1 amide bonds. The normalized spacial score (nSPS) is 15.0. The summed E-state index contributed by atoms with van der Waals surface area (Å²) in [6.45, 7) is 4.49. The van der Waals surface area contributed by atoms with Gasteiger partial charge < -0.3 is 24.3 Å². The maximum absolute atomic E-state index is 12.9. The molecular formula is C25H26N4O5S. The maximum atomic E-state index is 12.9. The number of methoxy groups -OCH3 is 3. The van der Waals surface area contributed by atoms with Gasteiger partial charge in [0.2, 0.25) is 16.8 Å². The Morgan fingerprint density at radius 3 is 2.51 bits per heavy atom. The molecule has 0 fully saturated rings. The van der Waals surface area contributed by atoms with E-state index in [4.69, 9.17) is 29.0 Å². The van der Waals surface area contributed by atoms with Crippen molar-refractivity contribution in [3.8, 4) is 28.1 Å². The number of nitrogens with zero attached hydrogens (tertiary/aromatic N) is 3. The fourth-order valence-electron chi connectivity index (χ4n) is 4.51. The second kappa shape index (κ2) is 9.10. The van der Waals surface area contributed by atoms with Gasteiger partial charge in [-0.2, -0.15) is 9.78 Å². The minimum Gasteiger partial charge on any atom is -0.494 e. The van der Waals surface area contributed by atoms with E-state index in [1.54, 1.807) is 26.0 Å². The van der Waals surface area contributed by atoms with Crippen molar-refractivity contribution in [1.29, 1.82) is 0 Å². The van der Waals surface area contributed by atoms with Crippen molar-refractivity contribution in [3.63, 3.8) is 0 Å². The molecule has 0 saturated carbocycles.